The summed E-state index contributed by atoms with van der Waals surface area (Å²) in [7, 11) is -3.08. The van der Waals surface area contributed by atoms with Crippen molar-refractivity contribution in [2.75, 3.05) is 31.1 Å². The van der Waals surface area contributed by atoms with Crippen molar-refractivity contribution in [3.8, 4) is 0 Å². The monoisotopic (exact) mass is 236 g/mol. The predicted molar refractivity (Wildman–Crippen MR) is 61.1 cm³/mol. The summed E-state index contributed by atoms with van der Waals surface area (Å²) in [5.74, 6) is 0.0144. The van der Waals surface area contributed by atoms with Crippen LogP contribution < -0.4 is 5.73 Å². The Morgan fingerprint density at radius 2 is 1.93 bits per heavy atom. The van der Waals surface area contributed by atoms with Crippen LogP contribution in [0.4, 0.5) is 0 Å². The van der Waals surface area contributed by atoms with Crippen molar-refractivity contribution in [2.24, 2.45) is 5.73 Å². The van der Waals surface area contributed by atoms with E-state index in [1.807, 2.05) is 0 Å². The second-order valence-electron chi connectivity index (χ2n) is 3.61. The van der Waals surface area contributed by atoms with Crippen LogP contribution in [-0.2, 0) is 9.84 Å². The second-order valence-corrected chi connectivity index (χ2v) is 6.32. The molecule has 0 unspecified atom stereocenters. The van der Waals surface area contributed by atoms with Crippen molar-refractivity contribution in [2.45, 2.75) is 12.8 Å². The molecule has 0 saturated carbocycles. The van der Waals surface area contributed by atoms with E-state index in [4.69, 9.17) is 5.73 Å². The number of likely N-dealkylation sites (tertiary alicyclic amines) is 1. The number of nitrogens with two attached hydrogens (primary N) is 1. The summed E-state index contributed by atoms with van der Waals surface area (Å²) in [5.41, 5.74) is 5.20. The fraction of sp³-hybridized carbons (Fsp3) is 0.875. The predicted octanol–water partition coefficient (Wildman–Crippen LogP) is -0.217. The van der Waals surface area contributed by atoms with Crippen molar-refractivity contribution in [1.82, 2.24) is 4.90 Å². The van der Waals surface area contributed by atoms with E-state index in [0.29, 0.717) is 6.54 Å². The third-order valence-electron chi connectivity index (χ3n) is 2.28. The van der Waals surface area contributed by atoms with Gasteiger partial charge in [0, 0.05) is 6.54 Å². The van der Waals surface area contributed by atoms with E-state index in [0.717, 1.165) is 13.1 Å². The molecule has 0 radical (unpaired) electrons. The Hall–Kier alpha value is -0.200. The zero-order chi connectivity index (χ0) is 10.6. The minimum atomic E-state index is -3.08. The fourth-order valence-corrected chi connectivity index (χ4v) is 3.22. The van der Waals surface area contributed by atoms with Gasteiger partial charge in [0.15, 0.2) is 9.84 Å². The average molecular weight is 236 g/mol. The van der Waals surface area contributed by atoms with Crippen molar-refractivity contribution in [1.29, 1.82) is 0 Å². The molecule has 2 N–H and O–H groups in total. The number of thiocarbonyl (C=S) groups is 1. The number of rotatable bonds is 5. The standard InChI is InChI=1S/C8H16N2O2S2/c9-8(13)7-14(11,12)6-5-10-3-1-2-4-10/h1-7H2,(H2,9,13). The number of hydrogen-bond acceptors (Lipinski definition) is 4. The Labute approximate surface area is 90.4 Å². The zero-order valence-electron chi connectivity index (χ0n) is 8.11. The molecule has 1 aliphatic heterocycles. The quantitative estimate of drug-likeness (QED) is 0.669. The lowest BCUT2D eigenvalue weighted by Crippen LogP contribution is -2.30. The highest BCUT2D eigenvalue weighted by Crippen LogP contribution is 2.07. The van der Waals surface area contributed by atoms with Gasteiger partial charge in [-0.25, -0.2) is 8.42 Å². The number of nitrogens with zero attached hydrogens (tertiary/aromatic N) is 1. The Morgan fingerprint density at radius 3 is 2.43 bits per heavy atom. The Bertz CT molecular complexity index is 294. The molecule has 0 spiro atoms. The molecule has 0 bridgehead atoms. The SMILES string of the molecule is NC(=S)CS(=O)(=O)CCN1CCCC1. The van der Waals surface area contributed by atoms with Crippen LogP contribution in [0, 0.1) is 0 Å². The first-order valence-electron chi connectivity index (χ1n) is 4.71. The minimum Gasteiger partial charge on any atom is -0.392 e. The van der Waals surface area contributed by atoms with Gasteiger partial charge in [0.1, 0.15) is 5.75 Å². The van der Waals surface area contributed by atoms with Crippen LogP contribution in [0.25, 0.3) is 0 Å². The van der Waals surface area contributed by atoms with Crippen LogP contribution in [0.15, 0.2) is 0 Å². The van der Waals surface area contributed by atoms with E-state index in [2.05, 4.69) is 17.1 Å². The maximum Gasteiger partial charge on any atom is 0.158 e. The van der Waals surface area contributed by atoms with Gasteiger partial charge in [-0.3, -0.25) is 0 Å². The molecule has 1 fully saturated rings. The van der Waals surface area contributed by atoms with Gasteiger partial charge in [-0.15, -0.1) is 0 Å². The first-order chi connectivity index (χ1) is 6.49. The highest BCUT2D eigenvalue weighted by molar-refractivity contribution is 7.93. The molecule has 4 nitrogen and oxygen atoms in total. The van der Waals surface area contributed by atoms with Crippen LogP contribution in [0.2, 0.25) is 0 Å². The maximum absolute atomic E-state index is 11.4. The van der Waals surface area contributed by atoms with Gasteiger partial charge in [-0.2, -0.15) is 0 Å². The lowest BCUT2D eigenvalue weighted by atomic mass is 10.4. The highest BCUT2D eigenvalue weighted by atomic mass is 32.2. The molecule has 0 aromatic carbocycles. The van der Waals surface area contributed by atoms with Crippen LogP contribution in [-0.4, -0.2) is 49.4 Å². The second kappa shape index (κ2) is 5.04. The summed E-state index contributed by atoms with van der Waals surface area (Å²) in [6.07, 6.45) is 2.35. The Kier molecular flexibility index (Phi) is 4.28. The molecule has 1 rings (SSSR count). The van der Waals surface area contributed by atoms with Crippen LogP contribution >= 0.6 is 12.2 Å². The normalized spacial score (nSPS) is 18.6. The van der Waals surface area contributed by atoms with Crippen molar-refractivity contribution in [3.05, 3.63) is 0 Å². The van der Waals surface area contributed by atoms with Gasteiger partial charge in [0.2, 0.25) is 0 Å². The van der Waals surface area contributed by atoms with E-state index in [1.165, 1.54) is 12.8 Å². The minimum absolute atomic E-state index is 0.0615. The molecule has 82 valence electrons. The zero-order valence-corrected chi connectivity index (χ0v) is 9.74. The van der Waals surface area contributed by atoms with E-state index in [9.17, 15) is 8.42 Å². The van der Waals surface area contributed by atoms with Gasteiger partial charge < -0.3 is 10.6 Å². The maximum atomic E-state index is 11.4. The Morgan fingerprint density at radius 1 is 1.36 bits per heavy atom. The van der Waals surface area contributed by atoms with Gasteiger partial charge >= 0.3 is 0 Å². The van der Waals surface area contributed by atoms with Crippen molar-refractivity contribution >= 4 is 27.0 Å². The molecule has 0 atom stereocenters. The molecule has 1 saturated heterocycles. The lowest BCUT2D eigenvalue weighted by molar-refractivity contribution is 0.359. The van der Waals surface area contributed by atoms with Crippen LogP contribution in [0.3, 0.4) is 0 Å². The molecular formula is C8H16N2O2S2. The van der Waals surface area contributed by atoms with Gasteiger partial charge in [-0.1, -0.05) is 12.2 Å². The molecule has 0 aromatic heterocycles. The molecular weight excluding hydrogens is 220 g/mol. The molecule has 0 aliphatic carbocycles. The summed E-state index contributed by atoms with van der Waals surface area (Å²) >= 11 is 4.58. The molecule has 6 heteroatoms. The summed E-state index contributed by atoms with van der Waals surface area (Å²) < 4.78 is 22.8. The molecule has 0 aromatic rings. The molecule has 1 aliphatic rings. The smallest absolute Gasteiger partial charge is 0.158 e. The molecule has 14 heavy (non-hydrogen) atoms. The van der Waals surface area contributed by atoms with E-state index >= 15 is 0 Å². The average Bonchev–Trinajstić information content (AvgIpc) is 2.50. The van der Waals surface area contributed by atoms with Crippen molar-refractivity contribution < 1.29 is 8.42 Å². The molecule has 0 amide bonds. The fourth-order valence-electron chi connectivity index (χ4n) is 1.56. The first kappa shape index (κ1) is 11.9. The van der Waals surface area contributed by atoms with E-state index in [-0.39, 0.29) is 16.5 Å². The third kappa shape index (κ3) is 4.34. The van der Waals surface area contributed by atoms with Gasteiger partial charge in [0.25, 0.3) is 0 Å². The van der Waals surface area contributed by atoms with Crippen molar-refractivity contribution in [3.63, 3.8) is 0 Å². The summed E-state index contributed by atoms with van der Waals surface area (Å²) in [6.45, 7) is 2.65. The largest absolute Gasteiger partial charge is 0.392 e. The molecule has 1 heterocycles. The number of sulfone groups is 1. The van der Waals surface area contributed by atoms with Crippen LogP contribution in [0.5, 0.6) is 0 Å². The van der Waals surface area contributed by atoms with Gasteiger partial charge in [0.05, 0.1) is 10.7 Å². The van der Waals surface area contributed by atoms with Gasteiger partial charge in [-0.05, 0) is 25.9 Å². The lowest BCUT2D eigenvalue weighted by Gasteiger charge is -2.13. The third-order valence-corrected chi connectivity index (χ3v) is 4.16. The Balaban J connectivity index is 2.32. The number of hydrogen-bond donors (Lipinski definition) is 1. The summed E-state index contributed by atoms with van der Waals surface area (Å²) in [5, 5.41) is 0. The van der Waals surface area contributed by atoms with E-state index in [1.54, 1.807) is 0 Å². The van der Waals surface area contributed by atoms with E-state index < -0.39 is 9.84 Å². The highest BCUT2D eigenvalue weighted by Gasteiger charge is 2.17. The topological polar surface area (TPSA) is 63.4 Å². The first-order valence-corrected chi connectivity index (χ1v) is 6.94. The summed E-state index contributed by atoms with van der Waals surface area (Å²) in [4.78, 5) is 2.23. The summed E-state index contributed by atoms with van der Waals surface area (Å²) in [6, 6.07) is 0. The van der Waals surface area contributed by atoms with Crippen LogP contribution in [0.1, 0.15) is 12.8 Å².